The van der Waals surface area contributed by atoms with E-state index in [4.69, 9.17) is 10.8 Å². The van der Waals surface area contributed by atoms with Crippen molar-refractivity contribution in [2.45, 2.75) is 53.1 Å². The highest BCUT2D eigenvalue weighted by atomic mass is 16.1. The summed E-state index contributed by atoms with van der Waals surface area (Å²) < 4.78 is 3.59. The van der Waals surface area contributed by atoms with Gasteiger partial charge in [0.05, 0.1) is 16.9 Å². The first-order chi connectivity index (χ1) is 14.8. The summed E-state index contributed by atoms with van der Waals surface area (Å²) in [7, 11) is 1.91. The molecule has 168 valence electrons. The molecule has 0 aromatic carbocycles. The fourth-order valence-electron chi connectivity index (χ4n) is 3.81. The normalized spacial score (nSPS) is 12.9. The van der Waals surface area contributed by atoms with Crippen LogP contribution in [0.25, 0.3) is 22.2 Å². The zero-order chi connectivity index (χ0) is 22.7. The molecule has 0 saturated carbocycles. The van der Waals surface area contributed by atoms with E-state index in [1.807, 2.05) is 30.9 Å². The van der Waals surface area contributed by atoms with Crippen LogP contribution in [0.3, 0.4) is 0 Å². The minimum Gasteiger partial charge on any atom is -0.382 e. The SMILES string of the molecule is CCCN(CCC=O)Cc1cc(-c2cn(C(C)C(C)C)c(=O)c3c(N)n[nH]c23)nn1C. The third-order valence-corrected chi connectivity index (χ3v) is 5.93. The molecule has 3 N–H and O–H groups in total. The summed E-state index contributed by atoms with van der Waals surface area (Å²) in [5.74, 6) is 0.474. The van der Waals surface area contributed by atoms with E-state index in [2.05, 4.69) is 35.9 Å². The molecule has 1 unspecified atom stereocenters. The lowest BCUT2D eigenvalue weighted by atomic mass is 10.0. The van der Waals surface area contributed by atoms with Crippen LogP contribution in [0.2, 0.25) is 0 Å². The lowest BCUT2D eigenvalue weighted by Crippen LogP contribution is -2.26. The number of nitrogens with zero attached hydrogens (tertiary/aromatic N) is 5. The lowest BCUT2D eigenvalue weighted by Gasteiger charge is -2.20. The van der Waals surface area contributed by atoms with Crippen molar-refractivity contribution < 1.29 is 4.79 Å². The Balaban J connectivity index is 2.08. The number of carbonyl (C=O) groups is 1. The fourth-order valence-corrected chi connectivity index (χ4v) is 3.81. The van der Waals surface area contributed by atoms with Crippen LogP contribution in [0.1, 0.15) is 52.3 Å². The highest BCUT2D eigenvalue weighted by Crippen LogP contribution is 2.29. The number of aryl methyl sites for hydroxylation is 1. The van der Waals surface area contributed by atoms with Gasteiger partial charge in [-0.3, -0.25) is 19.5 Å². The van der Waals surface area contributed by atoms with Crippen molar-refractivity contribution in [1.29, 1.82) is 0 Å². The number of carbonyl (C=O) groups excluding carboxylic acids is 1. The standard InChI is InChI=1S/C22H33N7O2/c1-6-8-28(9-7-10-30)12-16-11-18(26-27(16)5)17-13-29(15(4)14(2)3)22(31)19-20(17)24-25-21(19)23/h10-11,13-15H,6-9,12H2,1-5H3,(H3,23,24,25). The Morgan fingerprint density at radius 3 is 2.68 bits per heavy atom. The highest BCUT2D eigenvalue weighted by Gasteiger charge is 2.21. The quantitative estimate of drug-likeness (QED) is 0.481. The van der Waals surface area contributed by atoms with Crippen LogP contribution < -0.4 is 11.3 Å². The molecule has 0 saturated heterocycles. The van der Waals surface area contributed by atoms with Gasteiger partial charge in [-0.2, -0.15) is 10.2 Å². The fraction of sp³-hybridized carbons (Fsp3) is 0.545. The molecule has 3 heterocycles. The molecule has 0 aliphatic rings. The minimum absolute atomic E-state index is 0.00322. The summed E-state index contributed by atoms with van der Waals surface area (Å²) in [5, 5.41) is 12.1. The zero-order valence-corrected chi connectivity index (χ0v) is 19.1. The molecular weight excluding hydrogens is 394 g/mol. The van der Waals surface area contributed by atoms with Crippen LogP contribution in [0.4, 0.5) is 5.82 Å². The lowest BCUT2D eigenvalue weighted by molar-refractivity contribution is -0.108. The van der Waals surface area contributed by atoms with Crippen molar-refractivity contribution in [3.63, 3.8) is 0 Å². The van der Waals surface area contributed by atoms with E-state index in [0.717, 1.165) is 42.7 Å². The summed E-state index contributed by atoms with van der Waals surface area (Å²) >= 11 is 0. The Labute approximate surface area is 182 Å². The molecule has 0 aliphatic carbocycles. The Morgan fingerprint density at radius 2 is 2.03 bits per heavy atom. The average Bonchev–Trinajstić information content (AvgIpc) is 3.29. The molecule has 0 aliphatic heterocycles. The number of pyridine rings is 1. The molecule has 0 spiro atoms. The van der Waals surface area contributed by atoms with E-state index in [1.165, 1.54) is 0 Å². The number of nitrogens with two attached hydrogens (primary N) is 1. The second-order valence-corrected chi connectivity index (χ2v) is 8.47. The number of aromatic amines is 1. The molecule has 9 nitrogen and oxygen atoms in total. The van der Waals surface area contributed by atoms with Gasteiger partial charge in [-0.25, -0.2) is 0 Å². The third-order valence-electron chi connectivity index (χ3n) is 5.93. The second-order valence-electron chi connectivity index (χ2n) is 8.47. The number of aldehydes is 1. The Bertz CT molecular complexity index is 1110. The Morgan fingerprint density at radius 1 is 1.29 bits per heavy atom. The number of hydrogen-bond donors (Lipinski definition) is 2. The first-order valence-electron chi connectivity index (χ1n) is 10.9. The maximum absolute atomic E-state index is 13.1. The van der Waals surface area contributed by atoms with Gasteiger partial charge in [0.15, 0.2) is 5.82 Å². The smallest absolute Gasteiger partial charge is 0.264 e. The van der Waals surface area contributed by atoms with E-state index < -0.39 is 0 Å². The van der Waals surface area contributed by atoms with Crippen molar-refractivity contribution in [2.75, 3.05) is 18.8 Å². The first-order valence-corrected chi connectivity index (χ1v) is 10.9. The molecule has 0 fully saturated rings. The van der Waals surface area contributed by atoms with E-state index in [9.17, 15) is 9.59 Å². The number of nitrogen functional groups attached to an aromatic ring is 1. The van der Waals surface area contributed by atoms with Crippen LogP contribution in [0.15, 0.2) is 17.1 Å². The number of H-pyrrole nitrogens is 1. The van der Waals surface area contributed by atoms with E-state index in [-0.39, 0.29) is 23.3 Å². The predicted molar refractivity (Wildman–Crippen MR) is 123 cm³/mol. The van der Waals surface area contributed by atoms with Crippen LogP contribution in [0, 0.1) is 5.92 Å². The molecule has 3 aromatic rings. The van der Waals surface area contributed by atoms with Gasteiger partial charge in [-0.15, -0.1) is 0 Å². The zero-order valence-electron chi connectivity index (χ0n) is 19.1. The molecule has 9 heteroatoms. The number of fused-ring (bicyclic) bond motifs is 1. The summed E-state index contributed by atoms with van der Waals surface area (Å²) in [5.41, 5.74) is 9.07. The molecule has 3 rings (SSSR count). The van der Waals surface area contributed by atoms with Crippen molar-refractivity contribution in [1.82, 2.24) is 29.4 Å². The van der Waals surface area contributed by atoms with Gasteiger partial charge in [0.2, 0.25) is 0 Å². The third kappa shape index (κ3) is 4.56. The van der Waals surface area contributed by atoms with Crippen LogP contribution >= 0.6 is 0 Å². The highest BCUT2D eigenvalue weighted by molar-refractivity contribution is 5.97. The Hall–Kier alpha value is -2.94. The van der Waals surface area contributed by atoms with Gasteiger partial charge in [0.25, 0.3) is 5.56 Å². The number of nitrogens with one attached hydrogen (secondary N) is 1. The molecular formula is C22H33N7O2. The number of aromatic nitrogens is 5. The average molecular weight is 428 g/mol. The van der Waals surface area contributed by atoms with Crippen molar-refractivity contribution >= 4 is 23.0 Å². The first kappa shape index (κ1) is 22.7. The van der Waals surface area contributed by atoms with Gasteiger partial charge in [-0.05, 0) is 31.9 Å². The van der Waals surface area contributed by atoms with Crippen LogP contribution in [0.5, 0.6) is 0 Å². The molecule has 31 heavy (non-hydrogen) atoms. The maximum Gasteiger partial charge on any atom is 0.264 e. The summed E-state index contributed by atoms with van der Waals surface area (Å²) in [6.07, 6.45) is 4.33. The van der Waals surface area contributed by atoms with Gasteiger partial charge in [0, 0.05) is 44.4 Å². The topological polar surface area (TPSA) is 115 Å². The molecule has 0 amide bonds. The second kappa shape index (κ2) is 9.47. The van der Waals surface area contributed by atoms with Crippen LogP contribution in [-0.4, -0.2) is 48.8 Å². The van der Waals surface area contributed by atoms with Crippen molar-refractivity contribution in [2.24, 2.45) is 13.0 Å². The number of rotatable bonds is 10. The van der Waals surface area contributed by atoms with Gasteiger partial charge in [0.1, 0.15) is 11.7 Å². The van der Waals surface area contributed by atoms with E-state index in [0.29, 0.717) is 23.9 Å². The van der Waals surface area contributed by atoms with Gasteiger partial charge < -0.3 is 15.1 Å². The largest absolute Gasteiger partial charge is 0.382 e. The molecule has 1 atom stereocenters. The summed E-state index contributed by atoms with van der Waals surface area (Å²) in [4.78, 5) is 26.2. The molecule has 0 bridgehead atoms. The van der Waals surface area contributed by atoms with Crippen molar-refractivity contribution in [3.8, 4) is 11.3 Å². The van der Waals surface area contributed by atoms with Gasteiger partial charge in [-0.1, -0.05) is 20.8 Å². The van der Waals surface area contributed by atoms with E-state index in [1.54, 1.807) is 4.57 Å². The Kier molecular flexibility index (Phi) is 6.94. The summed E-state index contributed by atoms with van der Waals surface area (Å²) in [6.45, 7) is 10.6. The molecule has 3 aromatic heterocycles. The number of hydrogen-bond acceptors (Lipinski definition) is 6. The van der Waals surface area contributed by atoms with E-state index >= 15 is 0 Å². The monoisotopic (exact) mass is 427 g/mol. The van der Waals surface area contributed by atoms with Crippen LogP contribution in [-0.2, 0) is 18.4 Å². The predicted octanol–water partition coefficient (Wildman–Crippen LogP) is 2.73. The van der Waals surface area contributed by atoms with Gasteiger partial charge >= 0.3 is 0 Å². The summed E-state index contributed by atoms with van der Waals surface area (Å²) in [6, 6.07) is 2.03. The van der Waals surface area contributed by atoms with Crippen molar-refractivity contribution in [3.05, 3.63) is 28.3 Å². The number of anilines is 1. The minimum atomic E-state index is -0.148. The molecule has 0 radical (unpaired) electrons. The maximum atomic E-state index is 13.1.